The monoisotopic (exact) mass is 275 g/mol. The first-order valence-electron chi connectivity index (χ1n) is 7.32. The van der Waals surface area contributed by atoms with Gasteiger partial charge in [0.2, 0.25) is 0 Å². The van der Waals surface area contributed by atoms with E-state index in [4.69, 9.17) is 4.74 Å². The van der Waals surface area contributed by atoms with Crippen molar-refractivity contribution in [3.63, 3.8) is 0 Å². The van der Waals surface area contributed by atoms with Crippen molar-refractivity contribution < 1.29 is 8.95 Å². The van der Waals surface area contributed by atoms with Gasteiger partial charge in [-0.25, -0.2) is 0 Å². The third kappa shape index (κ3) is 4.98. The summed E-state index contributed by atoms with van der Waals surface area (Å²) < 4.78 is 17.4. The van der Waals surface area contributed by atoms with Crippen molar-refractivity contribution in [2.75, 3.05) is 26.0 Å². The highest BCUT2D eigenvalue weighted by Crippen LogP contribution is 2.30. The minimum atomic E-state index is -0.750. The first kappa shape index (κ1) is 16.1. The quantitative estimate of drug-likeness (QED) is 0.739. The van der Waals surface area contributed by atoms with E-state index >= 15 is 0 Å². The van der Waals surface area contributed by atoms with Crippen LogP contribution in [-0.2, 0) is 15.5 Å². The third-order valence-corrected chi connectivity index (χ3v) is 5.73. The minimum Gasteiger partial charge on any atom is -0.384 e. The van der Waals surface area contributed by atoms with Gasteiger partial charge in [0.05, 0.1) is 11.9 Å². The molecule has 0 aromatic heterocycles. The first-order valence-corrected chi connectivity index (χ1v) is 8.70. The van der Waals surface area contributed by atoms with Gasteiger partial charge in [-0.05, 0) is 38.1 Å². The standard InChI is InChI=1S/C14H29NO2S/c1-4-8-15-13-7-6-12(5-2)11-14(13)18(16)10-9-17-3/h12-15H,4-11H2,1-3H3. The summed E-state index contributed by atoms with van der Waals surface area (Å²) in [5, 5.41) is 3.91. The lowest BCUT2D eigenvalue weighted by molar-refractivity contribution is 0.217. The van der Waals surface area contributed by atoms with Gasteiger partial charge in [-0.15, -0.1) is 0 Å². The van der Waals surface area contributed by atoms with Crippen molar-refractivity contribution in [3.8, 4) is 0 Å². The maximum Gasteiger partial charge on any atom is 0.0577 e. The lowest BCUT2D eigenvalue weighted by Gasteiger charge is -2.36. The molecule has 0 saturated heterocycles. The summed E-state index contributed by atoms with van der Waals surface area (Å²) in [6.45, 7) is 6.08. The van der Waals surface area contributed by atoms with Gasteiger partial charge in [-0.2, -0.15) is 0 Å². The fraction of sp³-hybridized carbons (Fsp3) is 1.00. The van der Waals surface area contributed by atoms with Crippen molar-refractivity contribution in [1.82, 2.24) is 5.32 Å². The number of methoxy groups -OCH3 is 1. The van der Waals surface area contributed by atoms with Crippen molar-refractivity contribution >= 4 is 10.8 Å². The van der Waals surface area contributed by atoms with Crippen LogP contribution < -0.4 is 5.32 Å². The number of rotatable bonds is 8. The molecule has 1 rings (SSSR count). The maximum absolute atomic E-state index is 12.4. The van der Waals surface area contributed by atoms with E-state index in [1.165, 1.54) is 19.3 Å². The second-order valence-electron chi connectivity index (χ2n) is 5.26. The molecule has 1 N–H and O–H groups in total. The zero-order chi connectivity index (χ0) is 13.4. The van der Waals surface area contributed by atoms with Crippen LogP contribution in [0.3, 0.4) is 0 Å². The SMILES string of the molecule is CCCNC1CCC(CC)CC1S(=O)CCOC. The lowest BCUT2D eigenvalue weighted by atomic mass is 9.84. The summed E-state index contributed by atoms with van der Waals surface area (Å²) in [6, 6.07) is 0.449. The third-order valence-electron chi connectivity index (χ3n) is 3.96. The number of ether oxygens (including phenoxy) is 1. The van der Waals surface area contributed by atoms with E-state index in [9.17, 15) is 4.21 Å². The Labute approximate surface area is 115 Å². The Morgan fingerprint density at radius 3 is 2.72 bits per heavy atom. The molecule has 4 heteroatoms. The highest BCUT2D eigenvalue weighted by Gasteiger charge is 2.33. The molecule has 1 aliphatic rings. The average molecular weight is 275 g/mol. The molecule has 0 aliphatic heterocycles. The molecular weight excluding hydrogens is 246 g/mol. The fourth-order valence-electron chi connectivity index (χ4n) is 2.75. The van der Waals surface area contributed by atoms with Crippen molar-refractivity contribution in [2.24, 2.45) is 5.92 Å². The van der Waals surface area contributed by atoms with Gasteiger partial charge in [0.1, 0.15) is 0 Å². The van der Waals surface area contributed by atoms with Crippen molar-refractivity contribution in [3.05, 3.63) is 0 Å². The molecule has 3 nitrogen and oxygen atoms in total. The van der Waals surface area contributed by atoms with E-state index in [1.54, 1.807) is 7.11 Å². The summed E-state index contributed by atoms with van der Waals surface area (Å²) in [5.74, 6) is 1.45. The largest absolute Gasteiger partial charge is 0.384 e. The van der Waals surface area contributed by atoms with Crippen LogP contribution in [-0.4, -0.2) is 41.5 Å². The maximum atomic E-state index is 12.4. The Morgan fingerprint density at radius 1 is 1.33 bits per heavy atom. The highest BCUT2D eigenvalue weighted by atomic mass is 32.2. The van der Waals surface area contributed by atoms with Gasteiger partial charge in [0.15, 0.2) is 0 Å². The van der Waals surface area contributed by atoms with Crippen LogP contribution in [0.15, 0.2) is 0 Å². The Morgan fingerprint density at radius 2 is 2.11 bits per heavy atom. The topological polar surface area (TPSA) is 38.3 Å². The molecule has 4 atom stereocenters. The van der Waals surface area contributed by atoms with Crippen LogP contribution in [0.1, 0.15) is 46.0 Å². The molecule has 4 unspecified atom stereocenters. The zero-order valence-electron chi connectivity index (χ0n) is 12.1. The van der Waals surface area contributed by atoms with Crippen LogP contribution >= 0.6 is 0 Å². The first-order chi connectivity index (χ1) is 8.72. The number of nitrogens with one attached hydrogen (secondary N) is 1. The van der Waals surface area contributed by atoms with Gasteiger partial charge >= 0.3 is 0 Å². The second kappa shape index (κ2) is 9.05. The summed E-state index contributed by atoms with van der Waals surface area (Å²) in [7, 11) is 0.931. The second-order valence-corrected chi connectivity index (χ2v) is 7.04. The molecule has 0 amide bonds. The smallest absolute Gasteiger partial charge is 0.0577 e. The van der Waals surface area contributed by atoms with Gasteiger partial charge in [0, 0.05) is 29.7 Å². The molecule has 108 valence electrons. The summed E-state index contributed by atoms with van der Waals surface area (Å²) in [4.78, 5) is 0. The predicted octanol–water partition coefficient (Wildman–Crippen LogP) is 2.33. The van der Waals surface area contributed by atoms with Gasteiger partial charge in [0.25, 0.3) is 0 Å². The summed E-state index contributed by atoms with van der Waals surface area (Å²) in [5.41, 5.74) is 0. The van der Waals surface area contributed by atoms with E-state index in [0.717, 1.165) is 25.3 Å². The molecule has 1 fully saturated rings. The fourth-order valence-corrected chi connectivity index (χ4v) is 4.47. The van der Waals surface area contributed by atoms with Gasteiger partial charge < -0.3 is 10.1 Å². The van der Waals surface area contributed by atoms with Crippen molar-refractivity contribution in [1.29, 1.82) is 0 Å². The van der Waals surface area contributed by atoms with Gasteiger partial charge in [-0.1, -0.05) is 20.3 Å². The van der Waals surface area contributed by atoms with E-state index in [2.05, 4.69) is 19.2 Å². The number of hydrogen-bond donors (Lipinski definition) is 1. The molecule has 1 saturated carbocycles. The molecule has 0 radical (unpaired) electrons. The highest BCUT2D eigenvalue weighted by molar-refractivity contribution is 7.85. The Bertz CT molecular complexity index is 248. The van der Waals surface area contributed by atoms with Crippen LogP contribution in [0.25, 0.3) is 0 Å². The van der Waals surface area contributed by atoms with Crippen LogP contribution in [0.4, 0.5) is 0 Å². The Kier molecular flexibility index (Phi) is 8.11. The summed E-state index contributed by atoms with van der Waals surface area (Å²) in [6.07, 6.45) is 5.95. The summed E-state index contributed by atoms with van der Waals surface area (Å²) >= 11 is 0. The molecule has 0 aromatic carbocycles. The molecule has 18 heavy (non-hydrogen) atoms. The normalized spacial score (nSPS) is 30.3. The van der Waals surface area contributed by atoms with E-state index in [0.29, 0.717) is 23.7 Å². The molecule has 0 bridgehead atoms. The molecular formula is C14H29NO2S. The number of hydrogen-bond acceptors (Lipinski definition) is 3. The van der Waals surface area contributed by atoms with E-state index in [1.807, 2.05) is 0 Å². The average Bonchev–Trinajstić information content (AvgIpc) is 2.42. The van der Waals surface area contributed by atoms with E-state index in [-0.39, 0.29) is 0 Å². The van der Waals surface area contributed by atoms with Crippen LogP contribution in [0.5, 0.6) is 0 Å². The predicted molar refractivity (Wildman–Crippen MR) is 78.4 cm³/mol. The molecule has 0 aromatic rings. The molecule has 1 aliphatic carbocycles. The van der Waals surface area contributed by atoms with E-state index < -0.39 is 10.8 Å². The molecule has 0 spiro atoms. The minimum absolute atomic E-state index is 0.324. The zero-order valence-corrected chi connectivity index (χ0v) is 12.9. The Hall–Kier alpha value is 0.0700. The lowest BCUT2D eigenvalue weighted by Crippen LogP contribution is -2.47. The van der Waals surface area contributed by atoms with Crippen LogP contribution in [0, 0.1) is 5.92 Å². The van der Waals surface area contributed by atoms with Gasteiger partial charge in [-0.3, -0.25) is 4.21 Å². The van der Waals surface area contributed by atoms with Crippen LogP contribution in [0.2, 0.25) is 0 Å². The Balaban J connectivity index is 2.55. The van der Waals surface area contributed by atoms with Crippen molar-refractivity contribution in [2.45, 2.75) is 57.2 Å². The molecule has 0 heterocycles.